The van der Waals surface area contributed by atoms with Gasteiger partial charge in [0.15, 0.2) is 0 Å². The molecule has 0 atom stereocenters. The van der Waals surface area contributed by atoms with Crippen LogP contribution in [-0.2, 0) is 21.4 Å². The molecule has 1 aliphatic heterocycles. The topological polar surface area (TPSA) is 105 Å². The van der Waals surface area contributed by atoms with E-state index in [1.807, 2.05) is 30.3 Å². The number of carbonyl (C=O) groups is 1. The van der Waals surface area contributed by atoms with E-state index in [0.717, 1.165) is 44.0 Å². The van der Waals surface area contributed by atoms with Crippen molar-refractivity contribution in [2.24, 2.45) is 5.14 Å². The number of nitrogens with two attached hydrogens (primary N) is 1. The molecule has 2 aromatic rings. The van der Waals surface area contributed by atoms with Gasteiger partial charge in [0, 0.05) is 39.3 Å². The number of sulfonamides is 1. The van der Waals surface area contributed by atoms with Crippen LogP contribution < -0.4 is 15.2 Å². The molecule has 30 heavy (non-hydrogen) atoms. The SMILES string of the molecule is NS(=O)(=O)c1ccc(CNC(=O)CN2CCN(CCOc3ccccc3)CC2)cc1. The molecule has 0 radical (unpaired) electrons. The number of amides is 1. The number of piperazine rings is 1. The number of nitrogens with zero attached hydrogens (tertiary/aromatic N) is 2. The standard InChI is InChI=1S/C21H28N4O4S/c22-30(27,28)20-8-6-18(7-9-20)16-23-21(26)17-25-12-10-24(11-13-25)14-15-29-19-4-2-1-3-5-19/h1-9H,10-17H2,(H,23,26)(H2,22,27,28). The summed E-state index contributed by atoms with van der Waals surface area (Å²) in [7, 11) is -3.70. The first-order valence-corrected chi connectivity index (χ1v) is 11.5. The van der Waals surface area contributed by atoms with Gasteiger partial charge in [-0.25, -0.2) is 13.6 Å². The maximum absolute atomic E-state index is 12.2. The Hall–Kier alpha value is -2.46. The number of rotatable bonds is 9. The summed E-state index contributed by atoms with van der Waals surface area (Å²) in [6, 6.07) is 16.0. The van der Waals surface area contributed by atoms with Gasteiger partial charge in [0.05, 0.1) is 11.4 Å². The molecule has 0 aliphatic carbocycles. The highest BCUT2D eigenvalue weighted by Crippen LogP contribution is 2.10. The Kier molecular flexibility index (Phi) is 7.81. The summed E-state index contributed by atoms with van der Waals surface area (Å²) in [4.78, 5) is 16.7. The van der Waals surface area contributed by atoms with Crippen molar-refractivity contribution in [2.75, 3.05) is 45.9 Å². The summed E-state index contributed by atoms with van der Waals surface area (Å²) >= 11 is 0. The summed E-state index contributed by atoms with van der Waals surface area (Å²) in [5, 5.41) is 7.96. The Balaban J connectivity index is 1.32. The first kappa shape index (κ1) is 22.2. The number of para-hydroxylation sites is 1. The molecule has 1 heterocycles. The minimum absolute atomic E-state index is 0.0496. The summed E-state index contributed by atoms with van der Waals surface area (Å²) in [5.74, 6) is 0.832. The molecule has 8 nitrogen and oxygen atoms in total. The Morgan fingerprint density at radius 2 is 1.60 bits per heavy atom. The fourth-order valence-corrected chi connectivity index (χ4v) is 3.75. The van der Waals surface area contributed by atoms with Crippen molar-refractivity contribution in [1.29, 1.82) is 0 Å². The normalized spacial score (nSPS) is 15.6. The molecule has 1 saturated heterocycles. The lowest BCUT2D eigenvalue weighted by Gasteiger charge is -2.34. The van der Waals surface area contributed by atoms with Gasteiger partial charge in [0.2, 0.25) is 15.9 Å². The van der Waals surface area contributed by atoms with Gasteiger partial charge in [-0.15, -0.1) is 0 Å². The van der Waals surface area contributed by atoms with Crippen LogP contribution in [0.2, 0.25) is 0 Å². The predicted octanol–water partition coefficient (Wildman–Crippen LogP) is 0.647. The first-order chi connectivity index (χ1) is 14.4. The van der Waals surface area contributed by atoms with Crippen LogP contribution in [0.1, 0.15) is 5.56 Å². The average Bonchev–Trinajstić information content (AvgIpc) is 2.74. The highest BCUT2D eigenvalue weighted by Gasteiger charge is 2.18. The maximum atomic E-state index is 12.2. The molecular formula is C21H28N4O4S. The first-order valence-electron chi connectivity index (χ1n) is 9.91. The van der Waals surface area contributed by atoms with Crippen LogP contribution in [0.15, 0.2) is 59.5 Å². The van der Waals surface area contributed by atoms with E-state index in [1.54, 1.807) is 12.1 Å². The van der Waals surface area contributed by atoms with Crippen LogP contribution >= 0.6 is 0 Å². The van der Waals surface area contributed by atoms with E-state index in [9.17, 15) is 13.2 Å². The van der Waals surface area contributed by atoms with E-state index in [4.69, 9.17) is 9.88 Å². The largest absolute Gasteiger partial charge is 0.492 e. The molecular weight excluding hydrogens is 404 g/mol. The zero-order valence-corrected chi connectivity index (χ0v) is 17.7. The summed E-state index contributed by atoms with van der Waals surface area (Å²) in [6.45, 7) is 5.69. The van der Waals surface area contributed by atoms with Crippen LogP contribution in [0.4, 0.5) is 0 Å². The van der Waals surface area contributed by atoms with Crippen LogP contribution in [0.25, 0.3) is 0 Å². The Morgan fingerprint density at radius 3 is 2.23 bits per heavy atom. The van der Waals surface area contributed by atoms with Gasteiger partial charge in [0.1, 0.15) is 12.4 Å². The van der Waals surface area contributed by atoms with Gasteiger partial charge < -0.3 is 10.1 Å². The predicted molar refractivity (Wildman–Crippen MR) is 114 cm³/mol. The van der Waals surface area contributed by atoms with Crippen molar-refractivity contribution >= 4 is 15.9 Å². The smallest absolute Gasteiger partial charge is 0.238 e. The highest BCUT2D eigenvalue weighted by atomic mass is 32.2. The van der Waals surface area contributed by atoms with Gasteiger partial charge in [0.25, 0.3) is 0 Å². The number of primary sulfonamides is 1. The Morgan fingerprint density at radius 1 is 0.967 bits per heavy atom. The number of ether oxygens (including phenoxy) is 1. The van der Waals surface area contributed by atoms with Crippen molar-refractivity contribution in [2.45, 2.75) is 11.4 Å². The molecule has 3 rings (SSSR count). The number of nitrogens with one attached hydrogen (secondary N) is 1. The van der Waals surface area contributed by atoms with Crippen LogP contribution in [-0.4, -0.2) is 70.0 Å². The second-order valence-corrected chi connectivity index (χ2v) is 8.81. The lowest BCUT2D eigenvalue weighted by Crippen LogP contribution is -2.50. The average molecular weight is 433 g/mol. The molecule has 0 bridgehead atoms. The second kappa shape index (κ2) is 10.5. The molecule has 2 aromatic carbocycles. The summed E-state index contributed by atoms with van der Waals surface area (Å²) in [6.07, 6.45) is 0. The number of benzene rings is 2. The van der Waals surface area contributed by atoms with Crippen LogP contribution in [0, 0.1) is 0 Å². The number of carbonyl (C=O) groups excluding carboxylic acids is 1. The van der Waals surface area contributed by atoms with Crippen molar-refractivity contribution in [3.8, 4) is 5.75 Å². The van der Waals surface area contributed by atoms with Crippen LogP contribution in [0.3, 0.4) is 0 Å². The fraction of sp³-hybridized carbons (Fsp3) is 0.381. The second-order valence-electron chi connectivity index (χ2n) is 7.24. The molecule has 9 heteroatoms. The number of hydrogen-bond donors (Lipinski definition) is 2. The lowest BCUT2D eigenvalue weighted by molar-refractivity contribution is -0.122. The van der Waals surface area contributed by atoms with E-state index < -0.39 is 10.0 Å². The molecule has 0 spiro atoms. The zero-order valence-electron chi connectivity index (χ0n) is 16.9. The van der Waals surface area contributed by atoms with Gasteiger partial charge in [-0.3, -0.25) is 14.6 Å². The zero-order chi connectivity index (χ0) is 21.4. The maximum Gasteiger partial charge on any atom is 0.238 e. The molecule has 1 aliphatic rings. The number of hydrogen-bond acceptors (Lipinski definition) is 6. The molecule has 162 valence electrons. The monoisotopic (exact) mass is 432 g/mol. The van der Waals surface area contributed by atoms with E-state index >= 15 is 0 Å². The minimum Gasteiger partial charge on any atom is -0.492 e. The molecule has 0 aromatic heterocycles. The van der Waals surface area contributed by atoms with Gasteiger partial charge in [-0.1, -0.05) is 30.3 Å². The Labute approximate surface area is 177 Å². The molecule has 1 fully saturated rings. The fourth-order valence-electron chi connectivity index (χ4n) is 3.24. The Bertz CT molecular complexity index is 912. The van der Waals surface area contributed by atoms with Crippen molar-refractivity contribution in [3.63, 3.8) is 0 Å². The highest BCUT2D eigenvalue weighted by molar-refractivity contribution is 7.89. The molecule has 3 N–H and O–H groups in total. The van der Waals surface area contributed by atoms with Crippen molar-refractivity contribution in [3.05, 3.63) is 60.2 Å². The third kappa shape index (κ3) is 7.10. The molecule has 0 unspecified atom stereocenters. The van der Waals surface area contributed by atoms with Crippen LogP contribution in [0.5, 0.6) is 5.75 Å². The third-order valence-electron chi connectivity index (χ3n) is 4.99. The van der Waals surface area contributed by atoms with E-state index in [2.05, 4.69) is 15.1 Å². The van der Waals surface area contributed by atoms with Gasteiger partial charge in [-0.05, 0) is 29.8 Å². The third-order valence-corrected chi connectivity index (χ3v) is 5.92. The molecule has 1 amide bonds. The lowest BCUT2D eigenvalue weighted by atomic mass is 10.2. The van der Waals surface area contributed by atoms with Gasteiger partial charge in [-0.2, -0.15) is 0 Å². The van der Waals surface area contributed by atoms with Crippen molar-refractivity contribution in [1.82, 2.24) is 15.1 Å². The quantitative estimate of drug-likeness (QED) is 0.603. The van der Waals surface area contributed by atoms with Gasteiger partial charge >= 0.3 is 0 Å². The molecule has 0 saturated carbocycles. The van der Waals surface area contributed by atoms with E-state index in [-0.39, 0.29) is 10.8 Å². The van der Waals surface area contributed by atoms with E-state index in [0.29, 0.717) is 19.7 Å². The minimum atomic E-state index is -3.70. The summed E-state index contributed by atoms with van der Waals surface area (Å²) in [5.41, 5.74) is 0.819. The summed E-state index contributed by atoms with van der Waals surface area (Å²) < 4.78 is 28.3. The van der Waals surface area contributed by atoms with Crippen molar-refractivity contribution < 1.29 is 17.9 Å². The van der Waals surface area contributed by atoms with E-state index in [1.165, 1.54) is 12.1 Å².